The van der Waals surface area contributed by atoms with E-state index in [0.29, 0.717) is 12.5 Å². The van der Waals surface area contributed by atoms with Crippen LogP contribution in [0.3, 0.4) is 0 Å². The highest BCUT2D eigenvalue weighted by Gasteiger charge is 2.29. The number of hydrogen-bond acceptors (Lipinski definition) is 3. The summed E-state index contributed by atoms with van der Waals surface area (Å²) in [6.07, 6.45) is -4.27. The molecule has 1 aliphatic heterocycles. The van der Waals surface area contributed by atoms with Gasteiger partial charge in [0.25, 0.3) is 0 Å². The first-order chi connectivity index (χ1) is 9.23. The van der Waals surface area contributed by atoms with Crippen molar-refractivity contribution in [2.45, 2.75) is 24.8 Å². The molecule has 0 aliphatic carbocycles. The Morgan fingerprint density at radius 2 is 2.10 bits per heavy atom. The first-order valence-corrected chi connectivity index (χ1v) is 7.46. The molecule has 9 heteroatoms. The van der Waals surface area contributed by atoms with Gasteiger partial charge in [-0.3, -0.25) is 4.99 Å². The number of alkyl halides is 3. The topological polar surface area (TPSA) is 36.9 Å². The number of ether oxygens (including phenoxy) is 1. The molecule has 126 valence electrons. The zero-order valence-corrected chi connectivity index (χ0v) is 15.6. The predicted molar refractivity (Wildman–Crippen MR) is 91.8 cm³/mol. The zero-order chi connectivity index (χ0) is 15.2. The molecule has 0 radical (unpaired) electrons. The minimum Gasteiger partial charge on any atom is -0.370 e. The van der Waals surface area contributed by atoms with E-state index in [1.54, 1.807) is 7.05 Å². The minimum atomic E-state index is -4.27. The van der Waals surface area contributed by atoms with Gasteiger partial charge in [0.15, 0.2) is 5.96 Å². The van der Waals surface area contributed by atoms with Gasteiger partial charge in [-0.2, -0.15) is 24.9 Å². The van der Waals surface area contributed by atoms with Crippen molar-refractivity contribution in [1.82, 2.24) is 10.2 Å². The van der Waals surface area contributed by atoms with E-state index >= 15 is 0 Å². The molecular formula is C12H23F3IN3OS. The molecule has 0 aromatic carbocycles. The van der Waals surface area contributed by atoms with Gasteiger partial charge >= 0.3 is 6.18 Å². The minimum absolute atomic E-state index is 0. The molecule has 0 bridgehead atoms. The highest BCUT2D eigenvalue weighted by atomic mass is 127. The summed E-state index contributed by atoms with van der Waals surface area (Å²) in [5.41, 5.74) is 0. The fourth-order valence-corrected chi connectivity index (χ4v) is 3.06. The van der Waals surface area contributed by atoms with E-state index in [4.69, 9.17) is 0 Å². The lowest BCUT2D eigenvalue weighted by Gasteiger charge is -2.39. The third kappa shape index (κ3) is 8.97. The maximum absolute atomic E-state index is 11.9. The van der Waals surface area contributed by atoms with Crippen molar-refractivity contribution in [2.24, 2.45) is 4.99 Å². The summed E-state index contributed by atoms with van der Waals surface area (Å²) in [6.45, 7) is 5.20. The Morgan fingerprint density at radius 1 is 1.43 bits per heavy atom. The summed E-state index contributed by atoms with van der Waals surface area (Å²) in [7, 11) is 1.67. The standard InChI is InChI=1S/C12H22F3N3OS.HI/c1-11(2)8-18(5-7-20-11)10(16-3)17-4-6-19-9-12(13,14)15;/h4-9H2,1-3H3,(H,16,17);1H. The largest absolute Gasteiger partial charge is 0.411 e. The molecule has 21 heavy (non-hydrogen) atoms. The Labute approximate surface area is 145 Å². The van der Waals surface area contributed by atoms with Crippen LogP contribution in [0.5, 0.6) is 0 Å². The van der Waals surface area contributed by atoms with Crippen molar-refractivity contribution >= 4 is 41.7 Å². The van der Waals surface area contributed by atoms with Crippen LogP contribution in [0, 0.1) is 0 Å². The molecule has 4 nitrogen and oxygen atoms in total. The molecule has 1 aliphatic rings. The smallest absolute Gasteiger partial charge is 0.370 e. The van der Waals surface area contributed by atoms with E-state index in [9.17, 15) is 13.2 Å². The van der Waals surface area contributed by atoms with Crippen molar-refractivity contribution in [3.8, 4) is 0 Å². The zero-order valence-electron chi connectivity index (χ0n) is 12.5. The molecule has 0 atom stereocenters. The number of thioether (sulfide) groups is 1. The van der Waals surface area contributed by atoms with Crippen LogP contribution < -0.4 is 5.32 Å². The highest BCUT2D eigenvalue weighted by molar-refractivity contribution is 14.0. The van der Waals surface area contributed by atoms with E-state index in [-0.39, 0.29) is 35.3 Å². The van der Waals surface area contributed by atoms with Crippen LogP contribution in [0.15, 0.2) is 4.99 Å². The average molecular weight is 441 g/mol. The van der Waals surface area contributed by atoms with E-state index in [1.807, 2.05) is 11.8 Å². The molecule has 0 unspecified atom stereocenters. The average Bonchev–Trinajstić information content (AvgIpc) is 2.31. The van der Waals surface area contributed by atoms with E-state index in [2.05, 4.69) is 33.8 Å². The molecule has 1 saturated heterocycles. The van der Waals surface area contributed by atoms with Crippen LogP contribution in [0.25, 0.3) is 0 Å². The number of guanidine groups is 1. The van der Waals surface area contributed by atoms with Gasteiger partial charge in [-0.1, -0.05) is 0 Å². The van der Waals surface area contributed by atoms with Crippen molar-refractivity contribution in [3.63, 3.8) is 0 Å². The van der Waals surface area contributed by atoms with Crippen molar-refractivity contribution in [3.05, 3.63) is 0 Å². The van der Waals surface area contributed by atoms with Gasteiger partial charge in [-0.25, -0.2) is 0 Å². The van der Waals surface area contributed by atoms with Crippen LogP contribution in [-0.2, 0) is 4.74 Å². The lowest BCUT2D eigenvalue weighted by atomic mass is 10.2. The molecule has 1 N–H and O–H groups in total. The molecule has 0 saturated carbocycles. The van der Waals surface area contributed by atoms with Crippen LogP contribution >= 0.6 is 35.7 Å². The van der Waals surface area contributed by atoms with E-state index < -0.39 is 12.8 Å². The summed E-state index contributed by atoms with van der Waals surface area (Å²) in [4.78, 5) is 6.29. The predicted octanol–water partition coefficient (Wildman–Crippen LogP) is 2.59. The van der Waals surface area contributed by atoms with Crippen molar-refractivity contribution in [1.29, 1.82) is 0 Å². The molecule has 0 aromatic rings. The normalized spacial score (nSPS) is 19.1. The van der Waals surface area contributed by atoms with Gasteiger partial charge in [0.1, 0.15) is 6.61 Å². The van der Waals surface area contributed by atoms with Gasteiger partial charge < -0.3 is 15.0 Å². The molecule has 1 rings (SSSR count). The fourth-order valence-electron chi connectivity index (χ4n) is 1.95. The molecule has 0 aromatic heterocycles. The third-order valence-corrected chi connectivity index (χ3v) is 4.03. The number of halogens is 4. The second-order valence-corrected chi connectivity index (χ2v) is 6.97. The summed E-state index contributed by atoms with van der Waals surface area (Å²) in [5.74, 6) is 1.73. The lowest BCUT2D eigenvalue weighted by Crippen LogP contribution is -2.51. The first kappa shape index (κ1) is 21.1. The van der Waals surface area contributed by atoms with Gasteiger partial charge in [-0.05, 0) is 13.8 Å². The number of aliphatic imine (C=N–C) groups is 1. The molecule has 1 fully saturated rings. The summed E-state index contributed by atoms with van der Waals surface area (Å²) in [6, 6.07) is 0. The Kier molecular flexibility index (Phi) is 9.33. The summed E-state index contributed by atoms with van der Waals surface area (Å²) < 4.78 is 40.4. The molecule has 1 heterocycles. The Hall–Kier alpha value is 0.1000. The number of rotatable bonds is 4. The Balaban J connectivity index is 0.00000400. The Morgan fingerprint density at radius 3 is 2.62 bits per heavy atom. The van der Waals surface area contributed by atoms with Gasteiger partial charge in [0.2, 0.25) is 0 Å². The lowest BCUT2D eigenvalue weighted by molar-refractivity contribution is -0.173. The SMILES string of the molecule is CN=C(NCCOCC(F)(F)F)N1CCSC(C)(C)C1.I. The van der Waals surface area contributed by atoms with Crippen LogP contribution in [0.1, 0.15) is 13.8 Å². The number of nitrogens with one attached hydrogen (secondary N) is 1. The van der Waals surface area contributed by atoms with Crippen LogP contribution in [0.2, 0.25) is 0 Å². The van der Waals surface area contributed by atoms with Gasteiger partial charge in [0, 0.05) is 37.2 Å². The van der Waals surface area contributed by atoms with Gasteiger partial charge in [0.05, 0.1) is 6.61 Å². The Bertz CT molecular complexity index is 340. The quantitative estimate of drug-likeness (QED) is 0.315. The molecule has 0 spiro atoms. The summed E-state index contributed by atoms with van der Waals surface area (Å²) in [5, 5.41) is 3.04. The van der Waals surface area contributed by atoms with E-state index in [1.165, 1.54) is 0 Å². The van der Waals surface area contributed by atoms with Crippen LogP contribution in [0.4, 0.5) is 13.2 Å². The number of nitrogens with zero attached hydrogens (tertiary/aromatic N) is 2. The second-order valence-electron chi connectivity index (χ2n) is 5.17. The fraction of sp³-hybridized carbons (Fsp3) is 0.917. The second kappa shape index (κ2) is 9.29. The monoisotopic (exact) mass is 441 g/mol. The maximum Gasteiger partial charge on any atom is 0.411 e. The number of hydrogen-bond donors (Lipinski definition) is 1. The van der Waals surface area contributed by atoms with Crippen molar-refractivity contribution in [2.75, 3.05) is 45.6 Å². The summed E-state index contributed by atoms with van der Waals surface area (Å²) >= 11 is 1.91. The molecule has 0 amide bonds. The molecular weight excluding hydrogens is 418 g/mol. The highest BCUT2D eigenvalue weighted by Crippen LogP contribution is 2.29. The van der Waals surface area contributed by atoms with Gasteiger partial charge in [-0.15, -0.1) is 24.0 Å². The van der Waals surface area contributed by atoms with Crippen LogP contribution in [-0.4, -0.2) is 67.4 Å². The third-order valence-electron chi connectivity index (χ3n) is 2.73. The van der Waals surface area contributed by atoms with Crippen molar-refractivity contribution < 1.29 is 17.9 Å². The first-order valence-electron chi connectivity index (χ1n) is 6.47. The van der Waals surface area contributed by atoms with E-state index in [0.717, 1.165) is 18.8 Å². The maximum atomic E-state index is 11.9.